The van der Waals surface area contributed by atoms with Crippen molar-refractivity contribution in [2.75, 3.05) is 0 Å². The first kappa shape index (κ1) is 36.6. The number of rotatable bonds is 10. The molecule has 9 rings (SSSR count). The number of unbranched alkanes of at least 4 members (excludes halogenated alkanes) is 2. The number of aryl methyl sites for hydroxylation is 1. The second-order valence-corrected chi connectivity index (χ2v) is 17.3. The first-order valence-corrected chi connectivity index (χ1v) is 21.4. The number of allylic oxidation sites excluding steroid dienone is 12. The minimum atomic E-state index is -3.35. The number of alkyl halides is 2. The third-order valence-corrected chi connectivity index (χ3v) is 15.7. The second kappa shape index (κ2) is 12.5. The second-order valence-electron chi connectivity index (χ2n) is 17.3. The Hall–Kier alpha value is -3.99. The van der Waals surface area contributed by atoms with E-state index in [1.807, 2.05) is 6.07 Å². The summed E-state index contributed by atoms with van der Waals surface area (Å²) in [7, 11) is 0. The van der Waals surface area contributed by atoms with Crippen LogP contribution >= 0.6 is 0 Å². The molecule has 2 nitrogen and oxygen atoms in total. The van der Waals surface area contributed by atoms with E-state index in [0.717, 1.165) is 81.0 Å². The lowest BCUT2D eigenvalue weighted by Gasteiger charge is -2.78. The first-order chi connectivity index (χ1) is 26.5. The van der Waals surface area contributed by atoms with Crippen LogP contribution in [0, 0.1) is 16.7 Å². The highest BCUT2D eigenvalue weighted by atomic mass is 19.3. The van der Waals surface area contributed by atoms with E-state index >= 15 is 13.2 Å². The van der Waals surface area contributed by atoms with Gasteiger partial charge in [-0.1, -0.05) is 102 Å². The van der Waals surface area contributed by atoms with Crippen LogP contribution in [0.5, 0.6) is 0 Å². The Morgan fingerprint density at radius 3 is 2.31 bits per heavy atom. The predicted molar refractivity (Wildman–Crippen MR) is 220 cm³/mol. The fourth-order valence-electron chi connectivity index (χ4n) is 13.6. The predicted octanol–water partition coefficient (Wildman–Crippen LogP) is 13.7. The molecular weight excluding hydrogens is 686 g/mol. The third kappa shape index (κ3) is 4.08. The van der Waals surface area contributed by atoms with Crippen molar-refractivity contribution in [2.24, 2.45) is 16.7 Å². The summed E-state index contributed by atoms with van der Waals surface area (Å²) in [6.07, 6.45) is 35.0. The number of fused-ring (bicyclic) bond motifs is 9. The van der Waals surface area contributed by atoms with Gasteiger partial charge in [-0.25, -0.2) is 4.39 Å². The van der Waals surface area contributed by atoms with Crippen LogP contribution in [0.25, 0.3) is 11.8 Å². The molecule has 4 aliphatic carbocycles. The lowest BCUT2D eigenvalue weighted by atomic mass is 9.34. The maximum absolute atomic E-state index is 17.7. The van der Waals surface area contributed by atoms with Crippen molar-refractivity contribution in [3.05, 3.63) is 140 Å². The summed E-state index contributed by atoms with van der Waals surface area (Å²) in [6.45, 7) is 15.2. The molecule has 0 bridgehead atoms. The van der Waals surface area contributed by atoms with Crippen molar-refractivity contribution in [2.45, 2.75) is 136 Å². The molecule has 288 valence electrons. The molecule has 0 radical (unpaired) electrons. The minimum absolute atomic E-state index is 0.0106. The van der Waals surface area contributed by atoms with E-state index in [-0.39, 0.29) is 16.7 Å². The van der Waals surface area contributed by atoms with Crippen molar-refractivity contribution in [1.29, 1.82) is 0 Å². The Morgan fingerprint density at radius 1 is 0.818 bits per heavy atom. The highest BCUT2D eigenvalue weighted by Crippen LogP contribution is 2.78. The SMILES string of the molecule is CCCCC1=CC=C2C(=C3C=CC=CN3C3(CC)C2(CC)C=CC2(CC)N4C=Cc5c(CCCC)ccc6c5C4=C4C(=C(C)C(F)=CC4C23CC)C6(F)F)C1. The Bertz CT molecular complexity index is 2200. The Labute approximate surface area is 327 Å². The molecule has 1 aromatic carbocycles. The summed E-state index contributed by atoms with van der Waals surface area (Å²) in [6, 6.07) is 3.57. The molecule has 0 fully saturated rings. The average Bonchev–Trinajstić information content (AvgIpc) is 3.21. The van der Waals surface area contributed by atoms with Gasteiger partial charge >= 0.3 is 0 Å². The molecular formula is C50H57F3N2. The van der Waals surface area contributed by atoms with E-state index in [1.54, 1.807) is 19.1 Å². The molecule has 5 unspecified atom stereocenters. The van der Waals surface area contributed by atoms with Crippen LogP contribution in [-0.4, -0.2) is 20.9 Å². The summed E-state index contributed by atoms with van der Waals surface area (Å²) in [5, 5.41) is 0. The van der Waals surface area contributed by atoms with Crippen molar-refractivity contribution < 1.29 is 13.2 Å². The van der Waals surface area contributed by atoms with Gasteiger partial charge in [-0.3, -0.25) is 0 Å². The molecule has 0 saturated heterocycles. The zero-order chi connectivity index (χ0) is 38.7. The van der Waals surface area contributed by atoms with Crippen LogP contribution in [0.3, 0.4) is 0 Å². The summed E-state index contributed by atoms with van der Waals surface area (Å²) < 4.78 is 52.4. The average molecular weight is 743 g/mol. The molecule has 0 amide bonds. The minimum Gasteiger partial charge on any atom is -0.340 e. The van der Waals surface area contributed by atoms with Crippen LogP contribution in [0.2, 0.25) is 0 Å². The fourth-order valence-corrected chi connectivity index (χ4v) is 13.6. The van der Waals surface area contributed by atoms with Gasteiger partial charge in [0.1, 0.15) is 5.83 Å². The smallest absolute Gasteiger partial charge is 0.299 e. The van der Waals surface area contributed by atoms with Crippen LogP contribution < -0.4 is 0 Å². The number of benzene rings is 1. The van der Waals surface area contributed by atoms with E-state index < -0.39 is 39.6 Å². The van der Waals surface area contributed by atoms with Gasteiger partial charge in [0.2, 0.25) is 0 Å². The third-order valence-electron chi connectivity index (χ3n) is 15.7. The topological polar surface area (TPSA) is 6.48 Å². The van der Waals surface area contributed by atoms with Crippen LogP contribution in [0.4, 0.5) is 13.2 Å². The molecule has 1 aromatic rings. The van der Waals surface area contributed by atoms with E-state index in [0.29, 0.717) is 17.6 Å². The molecule has 0 N–H and O–H groups in total. The van der Waals surface area contributed by atoms with Gasteiger partial charge < -0.3 is 9.80 Å². The molecule has 4 heterocycles. The number of halogens is 3. The van der Waals surface area contributed by atoms with Gasteiger partial charge in [-0.05, 0) is 122 Å². The molecule has 5 atom stereocenters. The van der Waals surface area contributed by atoms with Gasteiger partial charge in [0, 0.05) is 51.5 Å². The zero-order valence-electron chi connectivity index (χ0n) is 33.9. The van der Waals surface area contributed by atoms with Crippen molar-refractivity contribution in [3.8, 4) is 0 Å². The lowest BCUT2D eigenvalue weighted by molar-refractivity contribution is -0.163. The Kier molecular flexibility index (Phi) is 8.33. The largest absolute Gasteiger partial charge is 0.340 e. The van der Waals surface area contributed by atoms with E-state index in [1.165, 1.54) is 22.4 Å². The van der Waals surface area contributed by atoms with Gasteiger partial charge in [0.15, 0.2) is 0 Å². The normalized spacial score (nSPS) is 32.8. The van der Waals surface area contributed by atoms with Crippen LogP contribution in [0.1, 0.15) is 135 Å². The summed E-state index contributed by atoms with van der Waals surface area (Å²) >= 11 is 0. The molecule has 4 aliphatic heterocycles. The summed E-state index contributed by atoms with van der Waals surface area (Å²) in [4.78, 5) is 5.01. The van der Waals surface area contributed by atoms with Crippen molar-refractivity contribution in [3.63, 3.8) is 0 Å². The Balaban J connectivity index is 1.42. The molecule has 55 heavy (non-hydrogen) atoms. The standard InChI is InChI=1S/C50H57F3N2/c1-8-14-18-33-21-23-37-36(30-33)41-20-16-17-28-54(41)49(13-6)46(37,10-3)26-27-47(11-4)48(49,12-5)39-31-40(51)32(7)44-43(39)45-42-35(25-29-55(45)47)34(19-15-9-2)22-24-38(42)50(44,52)53/h16-17,20-29,31,39H,8-15,18-19,30H2,1-7H3. The highest BCUT2D eigenvalue weighted by molar-refractivity contribution is 5.91. The van der Waals surface area contributed by atoms with Crippen LogP contribution in [0.15, 0.2) is 118 Å². The Morgan fingerprint density at radius 2 is 1.60 bits per heavy atom. The van der Waals surface area contributed by atoms with Crippen LogP contribution in [-0.2, 0) is 12.3 Å². The molecule has 0 saturated carbocycles. The zero-order valence-corrected chi connectivity index (χ0v) is 33.9. The van der Waals surface area contributed by atoms with Gasteiger partial charge in [-0.2, -0.15) is 8.78 Å². The quantitative estimate of drug-likeness (QED) is 0.220. The molecule has 0 spiro atoms. The van der Waals surface area contributed by atoms with E-state index in [2.05, 4.69) is 112 Å². The van der Waals surface area contributed by atoms with Gasteiger partial charge in [0.25, 0.3) is 5.92 Å². The van der Waals surface area contributed by atoms with E-state index in [4.69, 9.17) is 0 Å². The lowest BCUT2D eigenvalue weighted by Crippen LogP contribution is -2.81. The first-order valence-electron chi connectivity index (χ1n) is 21.4. The van der Waals surface area contributed by atoms with Crippen molar-refractivity contribution >= 4 is 11.8 Å². The summed E-state index contributed by atoms with van der Waals surface area (Å²) in [5.41, 5.74) is 7.03. The van der Waals surface area contributed by atoms with Gasteiger partial charge in [-0.15, -0.1) is 0 Å². The van der Waals surface area contributed by atoms with Crippen molar-refractivity contribution in [1.82, 2.24) is 9.80 Å². The molecule has 8 aliphatic rings. The van der Waals surface area contributed by atoms with E-state index in [9.17, 15) is 0 Å². The maximum atomic E-state index is 17.7. The number of hydrogen-bond donors (Lipinski definition) is 0. The number of hydrogen-bond acceptors (Lipinski definition) is 2. The molecule has 0 aromatic heterocycles. The monoisotopic (exact) mass is 742 g/mol. The number of nitrogens with zero attached hydrogens (tertiary/aromatic N) is 2. The molecule has 5 heteroatoms. The van der Waals surface area contributed by atoms with Gasteiger partial charge in [0.05, 0.1) is 16.8 Å². The summed E-state index contributed by atoms with van der Waals surface area (Å²) in [5.74, 6) is -4.46. The maximum Gasteiger partial charge on any atom is 0.299 e. The fraction of sp³-hybridized carbons (Fsp3) is 0.480. The highest BCUT2D eigenvalue weighted by Gasteiger charge is 2.79.